The van der Waals surface area contributed by atoms with Gasteiger partial charge in [0.05, 0.1) is 18.0 Å². The first kappa shape index (κ1) is 15.5. The minimum Gasteiger partial charge on any atom is -0.467 e. The van der Waals surface area contributed by atoms with Crippen molar-refractivity contribution in [1.29, 1.82) is 5.26 Å². The van der Waals surface area contributed by atoms with Gasteiger partial charge in [-0.1, -0.05) is 0 Å². The molecule has 0 aliphatic carbocycles. The lowest BCUT2D eigenvalue weighted by Gasteiger charge is -2.13. The zero-order chi connectivity index (χ0) is 16.3. The Labute approximate surface area is 127 Å². The molecule has 1 N–H and O–H groups in total. The fraction of sp³-hybridized carbons (Fsp3) is 0.333. The van der Waals surface area contributed by atoms with Gasteiger partial charge in [-0.05, 0) is 38.5 Å². The third-order valence-corrected chi connectivity index (χ3v) is 3.39. The molecule has 2 heterocycles. The van der Waals surface area contributed by atoms with E-state index in [1.54, 1.807) is 32.9 Å². The first-order valence-corrected chi connectivity index (χ1v) is 6.75. The summed E-state index contributed by atoms with van der Waals surface area (Å²) < 4.78 is 6.20. The monoisotopic (exact) mass is 300 g/mol. The minimum absolute atomic E-state index is 0.0133. The highest BCUT2D eigenvalue weighted by molar-refractivity contribution is 5.76. The van der Waals surface area contributed by atoms with Crippen molar-refractivity contribution >= 4 is 5.91 Å². The number of carbonyl (C=O) groups is 1. The van der Waals surface area contributed by atoms with Crippen LogP contribution in [0.4, 0.5) is 0 Å². The Hall–Kier alpha value is -2.88. The molecule has 7 nitrogen and oxygen atoms in total. The van der Waals surface area contributed by atoms with Crippen molar-refractivity contribution in [2.75, 3.05) is 0 Å². The van der Waals surface area contributed by atoms with Crippen LogP contribution < -0.4 is 10.9 Å². The summed E-state index contributed by atoms with van der Waals surface area (Å²) in [5, 5.41) is 15.8. The molecule has 0 aliphatic heterocycles. The molecule has 114 valence electrons. The first-order valence-electron chi connectivity index (χ1n) is 6.75. The van der Waals surface area contributed by atoms with Gasteiger partial charge in [0, 0.05) is 0 Å². The van der Waals surface area contributed by atoms with E-state index in [9.17, 15) is 9.59 Å². The third-order valence-electron chi connectivity index (χ3n) is 3.39. The molecule has 1 unspecified atom stereocenters. The molecule has 2 rings (SSSR count). The van der Waals surface area contributed by atoms with E-state index < -0.39 is 5.56 Å². The van der Waals surface area contributed by atoms with Gasteiger partial charge in [0.25, 0.3) is 5.56 Å². The van der Waals surface area contributed by atoms with Crippen molar-refractivity contribution in [3.05, 3.63) is 51.3 Å². The minimum atomic E-state index is -0.564. The lowest BCUT2D eigenvalue weighted by atomic mass is 10.1. The number of nitriles is 1. The largest absolute Gasteiger partial charge is 0.467 e. The highest BCUT2D eigenvalue weighted by Gasteiger charge is 2.16. The van der Waals surface area contributed by atoms with E-state index in [1.165, 1.54) is 6.26 Å². The predicted molar refractivity (Wildman–Crippen MR) is 78.0 cm³/mol. The predicted octanol–water partition coefficient (Wildman–Crippen LogP) is 1.20. The SMILES string of the molecule is Cc1nn(CC(=O)NC(C)c2ccco2)c(=O)c(C#N)c1C. The Balaban J connectivity index is 2.18. The molecule has 0 bridgehead atoms. The van der Waals surface area contributed by atoms with Crippen LogP contribution in [0.3, 0.4) is 0 Å². The van der Waals surface area contributed by atoms with E-state index in [1.807, 2.05) is 6.07 Å². The Kier molecular flexibility index (Phi) is 4.41. The Bertz CT molecular complexity index is 784. The maximum absolute atomic E-state index is 12.1. The second kappa shape index (κ2) is 6.26. The van der Waals surface area contributed by atoms with Crippen LogP contribution >= 0.6 is 0 Å². The van der Waals surface area contributed by atoms with Crippen molar-refractivity contribution in [1.82, 2.24) is 15.1 Å². The fourth-order valence-electron chi connectivity index (χ4n) is 2.04. The van der Waals surface area contributed by atoms with Crippen molar-refractivity contribution < 1.29 is 9.21 Å². The second-order valence-electron chi connectivity index (χ2n) is 4.96. The van der Waals surface area contributed by atoms with Crippen LogP contribution in [0.2, 0.25) is 0 Å². The van der Waals surface area contributed by atoms with E-state index >= 15 is 0 Å². The van der Waals surface area contributed by atoms with Gasteiger partial charge in [0.1, 0.15) is 23.9 Å². The number of rotatable bonds is 4. The summed E-state index contributed by atoms with van der Waals surface area (Å²) in [6.45, 7) is 4.87. The summed E-state index contributed by atoms with van der Waals surface area (Å²) in [6.07, 6.45) is 1.52. The molecule has 0 saturated carbocycles. The zero-order valence-corrected chi connectivity index (χ0v) is 12.6. The number of aryl methyl sites for hydroxylation is 1. The number of nitrogens with one attached hydrogen (secondary N) is 1. The molecule has 0 saturated heterocycles. The van der Waals surface area contributed by atoms with Crippen LogP contribution in [-0.4, -0.2) is 15.7 Å². The molecule has 2 aromatic heterocycles. The smallest absolute Gasteiger partial charge is 0.285 e. The standard InChI is InChI=1S/C15H16N4O3/c1-9-10(2)18-19(15(21)12(9)7-16)8-14(20)17-11(3)13-5-4-6-22-13/h4-6,11H,8H2,1-3H3,(H,17,20). The Morgan fingerprint density at radius 2 is 2.27 bits per heavy atom. The highest BCUT2D eigenvalue weighted by Crippen LogP contribution is 2.12. The number of aromatic nitrogens is 2. The van der Waals surface area contributed by atoms with Gasteiger partial charge in [-0.25, -0.2) is 4.68 Å². The van der Waals surface area contributed by atoms with Gasteiger partial charge in [0.2, 0.25) is 5.91 Å². The van der Waals surface area contributed by atoms with E-state index in [4.69, 9.17) is 9.68 Å². The summed E-state index contributed by atoms with van der Waals surface area (Å²) in [5.41, 5.74) is 0.530. The Morgan fingerprint density at radius 3 is 2.86 bits per heavy atom. The normalized spacial score (nSPS) is 11.7. The number of carbonyl (C=O) groups excluding carboxylic acids is 1. The molecular formula is C15H16N4O3. The third kappa shape index (κ3) is 3.06. The second-order valence-corrected chi connectivity index (χ2v) is 4.96. The molecule has 0 spiro atoms. The van der Waals surface area contributed by atoms with Crippen LogP contribution in [-0.2, 0) is 11.3 Å². The average molecular weight is 300 g/mol. The van der Waals surface area contributed by atoms with Crippen LogP contribution in [0, 0.1) is 25.2 Å². The van der Waals surface area contributed by atoms with Gasteiger partial charge in [-0.3, -0.25) is 9.59 Å². The van der Waals surface area contributed by atoms with Crippen molar-refractivity contribution in [2.24, 2.45) is 0 Å². The lowest BCUT2D eigenvalue weighted by molar-refractivity contribution is -0.122. The zero-order valence-electron chi connectivity index (χ0n) is 12.6. The summed E-state index contributed by atoms with van der Waals surface area (Å²) in [5.74, 6) is 0.233. The average Bonchev–Trinajstić information content (AvgIpc) is 2.99. The van der Waals surface area contributed by atoms with Crippen LogP contribution in [0.5, 0.6) is 0 Å². The van der Waals surface area contributed by atoms with Crippen molar-refractivity contribution in [2.45, 2.75) is 33.4 Å². The molecule has 7 heteroatoms. The molecule has 2 aromatic rings. The van der Waals surface area contributed by atoms with E-state index in [-0.39, 0.29) is 24.1 Å². The van der Waals surface area contributed by atoms with Crippen molar-refractivity contribution in [3.63, 3.8) is 0 Å². The fourth-order valence-corrected chi connectivity index (χ4v) is 2.04. The molecule has 0 aromatic carbocycles. The number of hydrogen-bond acceptors (Lipinski definition) is 5. The first-order chi connectivity index (χ1) is 10.4. The Morgan fingerprint density at radius 1 is 1.55 bits per heavy atom. The molecular weight excluding hydrogens is 284 g/mol. The molecule has 22 heavy (non-hydrogen) atoms. The lowest BCUT2D eigenvalue weighted by Crippen LogP contribution is -2.36. The van der Waals surface area contributed by atoms with Crippen LogP contribution in [0.15, 0.2) is 27.6 Å². The summed E-state index contributed by atoms with van der Waals surface area (Å²) in [4.78, 5) is 24.1. The summed E-state index contributed by atoms with van der Waals surface area (Å²) in [7, 11) is 0. The molecule has 1 amide bonds. The maximum atomic E-state index is 12.1. The van der Waals surface area contributed by atoms with Crippen LogP contribution in [0.1, 0.15) is 35.5 Å². The highest BCUT2D eigenvalue weighted by atomic mass is 16.3. The number of nitrogens with zero attached hydrogens (tertiary/aromatic N) is 3. The van der Waals surface area contributed by atoms with E-state index in [0.29, 0.717) is 17.0 Å². The number of amides is 1. The van der Waals surface area contributed by atoms with Gasteiger partial charge >= 0.3 is 0 Å². The quantitative estimate of drug-likeness (QED) is 0.914. The maximum Gasteiger partial charge on any atom is 0.285 e. The van der Waals surface area contributed by atoms with Crippen LogP contribution in [0.25, 0.3) is 0 Å². The summed E-state index contributed by atoms with van der Waals surface area (Å²) in [6, 6.07) is 5.02. The molecule has 0 fully saturated rings. The van der Waals surface area contributed by atoms with E-state index in [0.717, 1.165) is 4.68 Å². The van der Waals surface area contributed by atoms with Gasteiger partial charge in [-0.15, -0.1) is 0 Å². The summed E-state index contributed by atoms with van der Waals surface area (Å²) >= 11 is 0. The molecule has 0 radical (unpaired) electrons. The molecule has 0 aliphatic rings. The van der Waals surface area contributed by atoms with Gasteiger partial charge in [-0.2, -0.15) is 10.4 Å². The van der Waals surface area contributed by atoms with Crippen molar-refractivity contribution in [3.8, 4) is 6.07 Å². The number of furan rings is 1. The molecule has 1 atom stereocenters. The number of hydrogen-bond donors (Lipinski definition) is 1. The topological polar surface area (TPSA) is 101 Å². The van der Waals surface area contributed by atoms with E-state index in [2.05, 4.69) is 10.4 Å². The van der Waals surface area contributed by atoms with Gasteiger partial charge in [0.15, 0.2) is 0 Å². The van der Waals surface area contributed by atoms with Gasteiger partial charge < -0.3 is 9.73 Å².